The number of carboxylic acids is 1. The van der Waals surface area contributed by atoms with Gasteiger partial charge in [0, 0.05) is 19.6 Å². The van der Waals surface area contributed by atoms with Crippen molar-refractivity contribution >= 4 is 34.2 Å². The van der Waals surface area contributed by atoms with Gasteiger partial charge in [0.05, 0.1) is 5.75 Å². The number of nitrogens with zero attached hydrogens (tertiary/aromatic N) is 4. The van der Waals surface area contributed by atoms with E-state index in [1.807, 2.05) is 14.1 Å². The van der Waals surface area contributed by atoms with Gasteiger partial charge in [-0.1, -0.05) is 36.9 Å². The van der Waals surface area contributed by atoms with Crippen LogP contribution < -0.4 is 4.90 Å². The smallest absolute Gasteiger partial charge is 0.313 e. The number of aromatic nitrogens is 2. The predicted molar refractivity (Wildman–Crippen MR) is 83.9 cm³/mol. The molecule has 0 saturated heterocycles. The molecule has 1 N–H and O–H groups in total. The number of hydrogen-bond acceptors (Lipinski definition) is 7. The Kier molecular flexibility index (Phi) is 7.25. The third-order valence-electron chi connectivity index (χ3n) is 2.39. The molecule has 0 radical (unpaired) electrons. The van der Waals surface area contributed by atoms with Gasteiger partial charge in [-0.05, 0) is 20.0 Å². The van der Waals surface area contributed by atoms with Crippen molar-refractivity contribution in [2.45, 2.75) is 18.2 Å². The average molecular weight is 318 g/mol. The summed E-state index contributed by atoms with van der Waals surface area (Å²) >= 11 is 2.68. The summed E-state index contributed by atoms with van der Waals surface area (Å²) in [5.41, 5.74) is 0. The second-order valence-electron chi connectivity index (χ2n) is 5.18. The number of carbonyl (C=O) groups is 1. The quantitative estimate of drug-likeness (QED) is 0.695. The van der Waals surface area contributed by atoms with Crippen molar-refractivity contribution in [1.29, 1.82) is 0 Å². The summed E-state index contributed by atoms with van der Waals surface area (Å²) in [4.78, 5) is 14.9. The average Bonchev–Trinajstić information content (AvgIpc) is 2.80. The first-order valence-electron chi connectivity index (χ1n) is 6.46. The van der Waals surface area contributed by atoms with Gasteiger partial charge in [-0.2, -0.15) is 0 Å². The zero-order valence-corrected chi connectivity index (χ0v) is 14.0. The zero-order valence-electron chi connectivity index (χ0n) is 12.4. The summed E-state index contributed by atoms with van der Waals surface area (Å²) < 4.78 is 0.709. The Labute approximate surface area is 128 Å². The Morgan fingerprint density at radius 2 is 2.05 bits per heavy atom. The summed E-state index contributed by atoms with van der Waals surface area (Å²) in [6.07, 6.45) is 0. The molecule has 0 amide bonds. The van der Waals surface area contributed by atoms with E-state index in [1.165, 1.54) is 23.1 Å². The van der Waals surface area contributed by atoms with E-state index in [4.69, 9.17) is 5.11 Å². The van der Waals surface area contributed by atoms with E-state index in [0.717, 1.165) is 24.8 Å². The normalized spacial score (nSPS) is 11.3. The molecular weight excluding hydrogens is 296 g/mol. The number of likely N-dealkylation sites (N-methyl/N-ethyl adjacent to an activating group) is 1. The van der Waals surface area contributed by atoms with Gasteiger partial charge >= 0.3 is 5.97 Å². The Morgan fingerprint density at radius 1 is 1.35 bits per heavy atom. The lowest BCUT2D eigenvalue weighted by molar-refractivity contribution is -0.133. The van der Waals surface area contributed by atoms with E-state index in [0.29, 0.717) is 10.3 Å². The van der Waals surface area contributed by atoms with Crippen molar-refractivity contribution in [2.24, 2.45) is 5.92 Å². The third kappa shape index (κ3) is 6.53. The summed E-state index contributed by atoms with van der Waals surface area (Å²) in [5, 5.41) is 17.8. The minimum absolute atomic E-state index is 0.0243. The van der Waals surface area contributed by atoms with Crippen LogP contribution in [0.3, 0.4) is 0 Å². The van der Waals surface area contributed by atoms with Gasteiger partial charge in [0.2, 0.25) is 5.13 Å². The van der Waals surface area contributed by atoms with Crippen molar-refractivity contribution < 1.29 is 9.90 Å². The topological polar surface area (TPSA) is 69.6 Å². The van der Waals surface area contributed by atoms with Crippen molar-refractivity contribution in [2.75, 3.05) is 44.4 Å². The van der Waals surface area contributed by atoms with Crippen LogP contribution in [0.25, 0.3) is 0 Å². The number of rotatable bonds is 9. The lowest BCUT2D eigenvalue weighted by Gasteiger charge is -2.24. The molecule has 0 bridgehead atoms. The lowest BCUT2D eigenvalue weighted by atomic mass is 10.2. The molecule has 1 heterocycles. The van der Waals surface area contributed by atoms with Gasteiger partial charge in [0.15, 0.2) is 4.34 Å². The molecule has 1 rings (SSSR count). The number of thioether (sulfide) groups is 1. The molecule has 6 nitrogen and oxygen atoms in total. The second-order valence-corrected chi connectivity index (χ2v) is 7.35. The molecule has 0 aliphatic heterocycles. The largest absolute Gasteiger partial charge is 0.481 e. The first-order valence-corrected chi connectivity index (χ1v) is 8.26. The van der Waals surface area contributed by atoms with Crippen LogP contribution in [0.15, 0.2) is 4.34 Å². The molecule has 1 aromatic heterocycles. The van der Waals surface area contributed by atoms with Crippen molar-refractivity contribution in [1.82, 2.24) is 15.1 Å². The Balaban J connectivity index is 2.66. The van der Waals surface area contributed by atoms with Crippen LogP contribution in [0.4, 0.5) is 5.13 Å². The first-order chi connectivity index (χ1) is 9.38. The van der Waals surface area contributed by atoms with Gasteiger partial charge in [0.25, 0.3) is 0 Å². The molecule has 0 atom stereocenters. The molecule has 20 heavy (non-hydrogen) atoms. The molecule has 0 unspecified atom stereocenters. The van der Waals surface area contributed by atoms with Crippen LogP contribution in [-0.4, -0.2) is 65.7 Å². The highest BCUT2D eigenvalue weighted by molar-refractivity contribution is 8.01. The van der Waals surface area contributed by atoms with Gasteiger partial charge in [-0.3, -0.25) is 4.79 Å². The van der Waals surface area contributed by atoms with Gasteiger partial charge in [-0.25, -0.2) is 0 Å². The van der Waals surface area contributed by atoms with E-state index >= 15 is 0 Å². The molecule has 0 aliphatic carbocycles. The van der Waals surface area contributed by atoms with Crippen molar-refractivity contribution in [3.05, 3.63) is 0 Å². The summed E-state index contributed by atoms with van der Waals surface area (Å²) in [7, 11) is 4.09. The highest BCUT2D eigenvalue weighted by Crippen LogP contribution is 2.28. The lowest BCUT2D eigenvalue weighted by Crippen LogP contribution is -2.34. The van der Waals surface area contributed by atoms with E-state index in [2.05, 4.69) is 33.8 Å². The summed E-state index contributed by atoms with van der Waals surface area (Å²) in [6.45, 7) is 7.10. The van der Waals surface area contributed by atoms with Crippen molar-refractivity contribution in [3.8, 4) is 0 Å². The van der Waals surface area contributed by atoms with Crippen molar-refractivity contribution in [3.63, 3.8) is 0 Å². The van der Waals surface area contributed by atoms with Crippen LogP contribution in [0.1, 0.15) is 13.8 Å². The minimum Gasteiger partial charge on any atom is -0.481 e. The maximum absolute atomic E-state index is 10.6. The standard InChI is InChI=1S/C12H22N4O2S2/c1-9(2)7-16(6-5-15(3)4)11-13-14-12(20-11)19-8-10(17)18/h9H,5-8H2,1-4H3,(H,17,18). The molecule has 0 aromatic carbocycles. The summed E-state index contributed by atoms with van der Waals surface area (Å²) in [6, 6.07) is 0. The highest BCUT2D eigenvalue weighted by atomic mass is 32.2. The van der Waals surface area contributed by atoms with Gasteiger partial charge < -0.3 is 14.9 Å². The number of carboxylic acid groups (broad SMARTS) is 1. The van der Waals surface area contributed by atoms with E-state index in [1.54, 1.807) is 0 Å². The monoisotopic (exact) mass is 318 g/mol. The zero-order chi connectivity index (χ0) is 15.1. The molecule has 0 aliphatic rings. The molecular formula is C12H22N4O2S2. The van der Waals surface area contributed by atoms with Gasteiger partial charge in [0.1, 0.15) is 0 Å². The molecule has 114 valence electrons. The van der Waals surface area contributed by atoms with Gasteiger partial charge in [-0.15, -0.1) is 10.2 Å². The van der Waals surface area contributed by atoms with Crippen LogP contribution >= 0.6 is 23.1 Å². The van der Waals surface area contributed by atoms with Crippen LogP contribution in [0.2, 0.25) is 0 Å². The Morgan fingerprint density at radius 3 is 2.60 bits per heavy atom. The number of hydrogen-bond donors (Lipinski definition) is 1. The van der Waals surface area contributed by atoms with Crippen LogP contribution in [-0.2, 0) is 4.79 Å². The fourth-order valence-electron chi connectivity index (χ4n) is 1.54. The summed E-state index contributed by atoms with van der Waals surface area (Å²) in [5.74, 6) is -0.272. The Bertz CT molecular complexity index is 423. The maximum atomic E-state index is 10.6. The Hall–Kier alpha value is -0.860. The van der Waals surface area contributed by atoms with E-state index in [9.17, 15) is 4.79 Å². The highest BCUT2D eigenvalue weighted by Gasteiger charge is 2.15. The fraction of sp³-hybridized carbons (Fsp3) is 0.750. The van der Waals surface area contributed by atoms with E-state index in [-0.39, 0.29) is 5.75 Å². The predicted octanol–water partition coefficient (Wildman–Crippen LogP) is 1.74. The van der Waals surface area contributed by atoms with E-state index < -0.39 is 5.97 Å². The molecule has 0 spiro atoms. The maximum Gasteiger partial charge on any atom is 0.313 e. The third-order valence-corrected chi connectivity index (χ3v) is 4.49. The number of anilines is 1. The SMILES string of the molecule is CC(C)CN(CCN(C)C)c1nnc(SCC(=O)O)s1. The first kappa shape index (κ1) is 17.2. The molecule has 0 saturated carbocycles. The second kappa shape index (κ2) is 8.43. The van der Waals surface area contributed by atoms with Crippen LogP contribution in [0, 0.1) is 5.92 Å². The molecule has 0 fully saturated rings. The molecule has 8 heteroatoms. The minimum atomic E-state index is -0.835. The fourth-order valence-corrected chi connectivity index (χ4v) is 3.13. The molecule has 1 aromatic rings. The van der Waals surface area contributed by atoms with Crippen LogP contribution in [0.5, 0.6) is 0 Å². The number of aliphatic carboxylic acids is 1.